The SMILES string of the molecule is C[C@H]1Cc2ccccc2N1S(C)(=O)=O. The number of hydrogen-bond donors (Lipinski definition) is 0. The number of nitrogens with zero attached hydrogens (tertiary/aromatic N) is 1. The third-order valence-corrected chi connectivity index (χ3v) is 3.77. The fraction of sp³-hybridized carbons (Fsp3) is 0.400. The summed E-state index contributed by atoms with van der Waals surface area (Å²) in [6.45, 7) is 1.93. The Morgan fingerprint density at radius 3 is 2.64 bits per heavy atom. The Morgan fingerprint density at radius 1 is 1.36 bits per heavy atom. The van der Waals surface area contributed by atoms with Crippen molar-refractivity contribution in [1.29, 1.82) is 0 Å². The first-order chi connectivity index (χ1) is 6.50. The average molecular weight is 211 g/mol. The molecule has 0 aromatic heterocycles. The lowest BCUT2D eigenvalue weighted by molar-refractivity contribution is 0.590. The molecule has 1 aliphatic heterocycles. The van der Waals surface area contributed by atoms with Crippen LogP contribution < -0.4 is 4.31 Å². The second-order valence-corrected chi connectivity index (χ2v) is 5.60. The highest BCUT2D eigenvalue weighted by atomic mass is 32.2. The van der Waals surface area contributed by atoms with Gasteiger partial charge in [-0.15, -0.1) is 0 Å². The highest BCUT2D eigenvalue weighted by molar-refractivity contribution is 7.92. The topological polar surface area (TPSA) is 37.4 Å². The van der Waals surface area contributed by atoms with E-state index in [1.54, 1.807) is 0 Å². The predicted molar refractivity (Wildman–Crippen MR) is 56.9 cm³/mol. The second kappa shape index (κ2) is 2.98. The van der Waals surface area contributed by atoms with Gasteiger partial charge in [-0.05, 0) is 25.0 Å². The zero-order valence-electron chi connectivity index (χ0n) is 8.27. The first kappa shape index (κ1) is 9.52. The van der Waals surface area contributed by atoms with Gasteiger partial charge in [0, 0.05) is 6.04 Å². The second-order valence-electron chi connectivity index (χ2n) is 3.74. The summed E-state index contributed by atoms with van der Waals surface area (Å²) < 4.78 is 24.6. The molecule has 0 unspecified atom stereocenters. The van der Waals surface area contributed by atoms with E-state index < -0.39 is 10.0 Å². The van der Waals surface area contributed by atoms with Crippen molar-refractivity contribution < 1.29 is 8.42 Å². The molecule has 0 bridgehead atoms. The maximum Gasteiger partial charge on any atom is 0.232 e. The van der Waals surface area contributed by atoms with Crippen molar-refractivity contribution in [2.75, 3.05) is 10.6 Å². The van der Waals surface area contributed by atoms with Gasteiger partial charge in [-0.3, -0.25) is 4.31 Å². The van der Waals surface area contributed by atoms with Gasteiger partial charge in [-0.1, -0.05) is 18.2 Å². The summed E-state index contributed by atoms with van der Waals surface area (Å²) in [5.74, 6) is 0. The van der Waals surface area contributed by atoms with E-state index in [0.29, 0.717) is 0 Å². The van der Waals surface area contributed by atoms with E-state index in [1.165, 1.54) is 10.6 Å². The normalized spacial score (nSPS) is 21.0. The third kappa shape index (κ3) is 1.39. The predicted octanol–water partition coefficient (Wildman–Crippen LogP) is 1.40. The number of fused-ring (bicyclic) bond motifs is 1. The van der Waals surface area contributed by atoms with Crippen molar-refractivity contribution in [1.82, 2.24) is 0 Å². The van der Waals surface area contributed by atoms with Crippen molar-refractivity contribution in [3.05, 3.63) is 29.8 Å². The van der Waals surface area contributed by atoms with Crippen molar-refractivity contribution in [2.45, 2.75) is 19.4 Å². The van der Waals surface area contributed by atoms with Crippen LogP contribution in [-0.4, -0.2) is 20.7 Å². The quantitative estimate of drug-likeness (QED) is 0.704. The molecule has 2 rings (SSSR count). The van der Waals surface area contributed by atoms with E-state index in [1.807, 2.05) is 31.2 Å². The van der Waals surface area contributed by atoms with Crippen molar-refractivity contribution in [3.63, 3.8) is 0 Å². The molecular formula is C10H13NO2S. The molecular weight excluding hydrogens is 198 g/mol. The van der Waals surface area contributed by atoms with Crippen LogP contribution in [0, 0.1) is 0 Å². The van der Waals surface area contributed by atoms with Crippen LogP contribution in [-0.2, 0) is 16.4 Å². The lowest BCUT2D eigenvalue weighted by atomic mass is 10.1. The minimum absolute atomic E-state index is 0.0439. The number of sulfonamides is 1. The Bertz CT molecular complexity index is 453. The van der Waals surface area contributed by atoms with Gasteiger partial charge in [0.1, 0.15) is 0 Å². The minimum atomic E-state index is -3.13. The van der Waals surface area contributed by atoms with Crippen LogP contribution in [0.4, 0.5) is 5.69 Å². The molecule has 0 radical (unpaired) electrons. The summed E-state index contributed by atoms with van der Waals surface area (Å²) in [6, 6.07) is 7.70. The number of hydrogen-bond acceptors (Lipinski definition) is 2. The third-order valence-electron chi connectivity index (χ3n) is 2.50. The Kier molecular flexibility index (Phi) is 2.03. The Morgan fingerprint density at radius 2 is 2.00 bits per heavy atom. The average Bonchev–Trinajstić information content (AvgIpc) is 2.38. The fourth-order valence-corrected chi connectivity index (χ4v) is 3.31. The van der Waals surface area contributed by atoms with Gasteiger partial charge in [0.2, 0.25) is 10.0 Å². The van der Waals surface area contributed by atoms with Gasteiger partial charge in [0.15, 0.2) is 0 Å². The summed E-state index contributed by atoms with van der Waals surface area (Å²) in [4.78, 5) is 0. The number of rotatable bonds is 1. The summed E-state index contributed by atoms with van der Waals surface area (Å²) in [5.41, 5.74) is 1.95. The summed E-state index contributed by atoms with van der Waals surface area (Å²) in [7, 11) is -3.13. The molecule has 3 nitrogen and oxygen atoms in total. The van der Waals surface area contributed by atoms with Crippen LogP contribution in [0.2, 0.25) is 0 Å². The molecule has 0 fully saturated rings. The molecule has 1 atom stereocenters. The lowest BCUT2D eigenvalue weighted by Crippen LogP contribution is -2.34. The molecule has 1 aliphatic rings. The highest BCUT2D eigenvalue weighted by Gasteiger charge is 2.31. The first-order valence-electron chi connectivity index (χ1n) is 4.57. The molecule has 14 heavy (non-hydrogen) atoms. The van der Waals surface area contributed by atoms with Gasteiger partial charge in [-0.25, -0.2) is 8.42 Å². The van der Waals surface area contributed by atoms with Gasteiger partial charge in [-0.2, -0.15) is 0 Å². The van der Waals surface area contributed by atoms with Crippen LogP contribution in [0.25, 0.3) is 0 Å². The molecule has 1 heterocycles. The van der Waals surface area contributed by atoms with E-state index in [2.05, 4.69) is 0 Å². The largest absolute Gasteiger partial charge is 0.267 e. The molecule has 0 saturated carbocycles. The van der Waals surface area contributed by atoms with Crippen molar-refractivity contribution >= 4 is 15.7 Å². The molecule has 0 spiro atoms. The molecule has 76 valence electrons. The summed E-state index contributed by atoms with van der Waals surface area (Å²) >= 11 is 0. The highest BCUT2D eigenvalue weighted by Crippen LogP contribution is 2.33. The smallest absolute Gasteiger partial charge is 0.232 e. The standard InChI is InChI=1S/C10H13NO2S/c1-8-7-9-5-3-4-6-10(9)11(8)14(2,12)13/h3-6,8H,7H2,1-2H3/t8-/m0/s1. The van der Waals surface area contributed by atoms with Crippen molar-refractivity contribution in [3.8, 4) is 0 Å². The summed E-state index contributed by atoms with van der Waals surface area (Å²) in [5, 5.41) is 0. The van der Waals surface area contributed by atoms with Crippen molar-refractivity contribution in [2.24, 2.45) is 0 Å². The van der Waals surface area contributed by atoms with E-state index in [4.69, 9.17) is 0 Å². The Balaban J connectivity index is 2.56. The zero-order valence-corrected chi connectivity index (χ0v) is 9.08. The lowest BCUT2D eigenvalue weighted by Gasteiger charge is -2.21. The van der Waals surface area contributed by atoms with Gasteiger partial charge in [0.05, 0.1) is 11.9 Å². The zero-order chi connectivity index (χ0) is 10.3. The number of anilines is 1. The van der Waals surface area contributed by atoms with Crippen LogP contribution in [0.1, 0.15) is 12.5 Å². The first-order valence-corrected chi connectivity index (χ1v) is 6.42. The maximum atomic E-state index is 11.5. The van der Waals surface area contributed by atoms with Gasteiger partial charge >= 0.3 is 0 Å². The molecule has 0 amide bonds. The summed E-state index contributed by atoms with van der Waals surface area (Å²) in [6.07, 6.45) is 2.06. The molecule has 0 saturated heterocycles. The fourth-order valence-electron chi connectivity index (χ4n) is 2.04. The van der Waals surface area contributed by atoms with Crippen LogP contribution in [0.5, 0.6) is 0 Å². The van der Waals surface area contributed by atoms with Crippen LogP contribution in [0.3, 0.4) is 0 Å². The number of para-hydroxylation sites is 1. The molecule has 1 aromatic carbocycles. The molecule has 4 heteroatoms. The van der Waals surface area contributed by atoms with Crippen LogP contribution in [0.15, 0.2) is 24.3 Å². The Labute approximate surface area is 84.4 Å². The minimum Gasteiger partial charge on any atom is -0.267 e. The molecule has 0 aliphatic carbocycles. The van der Waals surface area contributed by atoms with E-state index in [9.17, 15) is 8.42 Å². The van der Waals surface area contributed by atoms with E-state index in [0.717, 1.165) is 17.7 Å². The molecule has 1 aromatic rings. The monoisotopic (exact) mass is 211 g/mol. The maximum absolute atomic E-state index is 11.5. The van der Waals surface area contributed by atoms with E-state index >= 15 is 0 Å². The Hall–Kier alpha value is -1.03. The molecule has 0 N–H and O–H groups in total. The van der Waals surface area contributed by atoms with Gasteiger partial charge < -0.3 is 0 Å². The van der Waals surface area contributed by atoms with Gasteiger partial charge in [0.25, 0.3) is 0 Å². The number of benzene rings is 1. The van der Waals surface area contributed by atoms with E-state index in [-0.39, 0.29) is 6.04 Å². The van der Waals surface area contributed by atoms with Crippen LogP contribution >= 0.6 is 0 Å².